The van der Waals surface area contributed by atoms with E-state index in [0.29, 0.717) is 24.3 Å². The molecule has 0 aliphatic carbocycles. The second-order valence-electron chi connectivity index (χ2n) is 6.93. The number of aromatic nitrogens is 5. The zero-order valence-electron chi connectivity index (χ0n) is 17.1. The number of rotatable bonds is 8. The Morgan fingerprint density at radius 2 is 1.77 bits per heavy atom. The number of nitrogens with zero attached hydrogens (tertiary/aromatic N) is 6. The predicted octanol–water partition coefficient (Wildman–Crippen LogP) is 3.66. The van der Waals surface area contributed by atoms with Crippen molar-refractivity contribution in [2.45, 2.75) is 17.1 Å². The highest BCUT2D eigenvalue weighted by molar-refractivity contribution is 7.98. The molecule has 0 saturated carbocycles. The van der Waals surface area contributed by atoms with Gasteiger partial charge in [0.05, 0.1) is 17.0 Å². The smallest absolute Gasteiger partial charge is 0.254 e. The first kappa shape index (κ1) is 20.7. The van der Waals surface area contributed by atoms with Crippen LogP contribution in [0.15, 0.2) is 83.9 Å². The van der Waals surface area contributed by atoms with Gasteiger partial charge in [0.15, 0.2) is 5.82 Å². The number of para-hydroxylation sites is 1. The quantitative estimate of drug-likeness (QED) is 0.397. The van der Waals surface area contributed by atoms with Gasteiger partial charge in [0, 0.05) is 36.8 Å². The SMILES string of the molecule is CN(CCc1ccccn1)C(=O)c1ccccc1SCc1nnnn1-c1ccccc1. The lowest BCUT2D eigenvalue weighted by atomic mass is 10.2. The maximum Gasteiger partial charge on any atom is 0.254 e. The molecule has 2 aromatic carbocycles. The summed E-state index contributed by atoms with van der Waals surface area (Å²) in [6.07, 6.45) is 2.48. The average Bonchev–Trinajstić information content (AvgIpc) is 3.31. The third-order valence-electron chi connectivity index (χ3n) is 4.79. The van der Waals surface area contributed by atoms with Crippen LogP contribution in [0.1, 0.15) is 21.9 Å². The Bertz CT molecular complexity index is 1130. The molecule has 4 rings (SSSR count). The van der Waals surface area contributed by atoms with E-state index in [2.05, 4.69) is 20.5 Å². The molecule has 4 aromatic rings. The molecule has 8 heteroatoms. The van der Waals surface area contributed by atoms with Gasteiger partial charge in [-0.15, -0.1) is 16.9 Å². The number of amides is 1. The normalized spacial score (nSPS) is 10.7. The standard InChI is InChI=1S/C23H22N6OS/c1-28(16-14-18-9-7-8-15-24-18)23(30)20-12-5-6-13-21(20)31-17-22-25-26-27-29(22)19-10-3-2-4-11-19/h2-13,15H,14,16-17H2,1H3. The lowest BCUT2D eigenvalue weighted by Crippen LogP contribution is -2.29. The highest BCUT2D eigenvalue weighted by Crippen LogP contribution is 2.27. The fourth-order valence-electron chi connectivity index (χ4n) is 3.11. The Morgan fingerprint density at radius 1 is 1.00 bits per heavy atom. The highest BCUT2D eigenvalue weighted by atomic mass is 32.2. The summed E-state index contributed by atoms with van der Waals surface area (Å²) in [5.74, 6) is 1.26. The fraction of sp³-hybridized carbons (Fsp3) is 0.174. The molecular formula is C23H22N6OS. The molecule has 156 valence electrons. The first-order valence-corrected chi connectivity index (χ1v) is 10.9. The van der Waals surface area contributed by atoms with Crippen molar-refractivity contribution in [3.63, 3.8) is 0 Å². The van der Waals surface area contributed by atoms with Crippen molar-refractivity contribution >= 4 is 17.7 Å². The molecule has 7 nitrogen and oxygen atoms in total. The van der Waals surface area contributed by atoms with Crippen LogP contribution < -0.4 is 0 Å². The van der Waals surface area contributed by atoms with E-state index in [-0.39, 0.29) is 5.91 Å². The maximum absolute atomic E-state index is 13.1. The zero-order chi connectivity index (χ0) is 21.5. The Labute approximate surface area is 185 Å². The van der Waals surface area contributed by atoms with Crippen LogP contribution in [0.25, 0.3) is 5.69 Å². The zero-order valence-corrected chi connectivity index (χ0v) is 17.9. The topological polar surface area (TPSA) is 76.8 Å². The lowest BCUT2D eigenvalue weighted by Gasteiger charge is -2.18. The first-order valence-electron chi connectivity index (χ1n) is 9.92. The van der Waals surface area contributed by atoms with Crippen molar-refractivity contribution < 1.29 is 4.79 Å². The largest absolute Gasteiger partial charge is 0.341 e. The van der Waals surface area contributed by atoms with Gasteiger partial charge in [0.1, 0.15) is 0 Å². The van der Waals surface area contributed by atoms with E-state index in [0.717, 1.165) is 22.1 Å². The number of hydrogen-bond acceptors (Lipinski definition) is 6. The summed E-state index contributed by atoms with van der Waals surface area (Å²) >= 11 is 1.55. The van der Waals surface area contributed by atoms with E-state index in [4.69, 9.17) is 0 Å². The van der Waals surface area contributed by atoms with Crippen molar-refractivity contribution in [1.29, 1.82) is 0 Å². The predicted molar refractivity (Wildman–Crippen MR) is 120 cm³/mol. The third kappa shape index (κ3) is 5.16. The molecular weight excluding hydrogens is 408 g/mol. The van der Waals surface area contributed by atoms with Crippen LogP contribution in [0.5, 0.6) is 0 Å². The summed E-state index contributed by atoms with van der Waals surface area (Å²) in [5, 5.41) is 12.1. The average molecular weight is 431 g/mol. The Balaban J connectivity index is 1.44. The number of pyridine rings is 1. The van der Waals surface area contributed by atoms with Gasteiger partial charge in [-0.3, -0.25) is 9.78 Å². The Morgan fingerprint density at radius 3 is 2.58 bits per heavy atom. The second kappa shape index (κ2) is 9.99. The van der Waals surface area contributed by atoms with Gasteiger partial charge in [-0.1, -0.05) is 36.4 Å². The molecule has 0 aliphatic rings. The van der Waals surface area contributed by atoms with Crippen molar-refractivity contribution in [3.8, 4) is 5.69 Å². The van der Waals surface area contributed by atoms with Crippen LogP contribution in [0.3, 0.4) is 0 Å². The molecule has 0 atom stereocenters. The summed E-state index contributed by atoms with van der Waals surface area (Å²) in [6, 6.07) is 23.2. The Hall–Kier alpha value is -3.52. The van der Waals surface area contributed by atoms with Gasteiger partial charge in [-0.05, 0) is 46.8 Å². The number of carbonyl (C=O) groups is 1. The molecule has 0 aliphatic heterocycles. The fourth-order valence-corrected chi connectivity index (χ4v) is 4.06. The van der Waals surface area contributed by atoms with Gasteiger partial charge in [0.2, 0.25) is 0 Å². The number of hydrogen-bond donors (Lipinski definition) is 0. The monoisotopic (exact) mass is 430 g/mol. The minimum Gasteiger partial charge on any atom is -0.341 e. The molecule has 0 spiro atoms. The summed E-state index contributed by atoms with van der Waals surface area (Å²) in [4.78, 5) is 20.1. The van der Waals surface area contributed by atoms with Gasteiger partial charge >= 0.3 is 0 Å². The molecule has 0 fully saturated rings. The number of carbonyl (C=O) groups excluding carboxylic acids is 1. The van der Waals surface area contributed by atoms with Crippen LogP contribution in [0.4, 0.5) is 0 Å². The van der Waals surface area contributed by atoms with E-state index in [1.165, 1.54) is 0 Å². The molecule has 31 heavy (non-hydrogen) atoms. The van der Waals surface area contributed by atoms with Crippen LogP contribution in [-0.4, -0.2) is 49.6 Å². The molecule has 1 amide bonds. The minimum atomic E-state index is -0.0123. The van der Waals surface area contributed by atoms with E-state index in [9.17, 15) is 4.79 Å². The van der Waals surface area contributed by atoms with Crippen LogP contribution in [0.2, 0.25) is 0 Å². The summed E-state index contributed by atoms with van der Waals surface area (Å²) in [7, 11) is 1.82. The van der Waals surface area contributed by atoms with Crippen LogP contribution in [0, 0.1) is 0 Å². The van der Waals surface area contributed by atoms with Gasteiger partial charge in [-0.25, -0.2) is 0 Å². The molecule has 0 bridgehead atoms. The van der Waals surface area contributed by atoms with Crippen molar-refractivity contribution in [2.75, 3.05) is 13.6 Å². The molecule has 0 saturated heterocycles. The first-order chi connectivity index (χ1) is 15.2. The highest BCUT2D eigenvalue weighted by Gasteiger charge is 2.17. The number of tetrazole rings is 1. The van der Waals surface area contributed by atoms with E-state index < -0.39 is 0 Å². The third-order valence-corrected chi connectivity index (χ3v) is 5.85. The van der Waals surface area contributed by atoms with Crippen LogP contribution >= 0.6 is 11.8 Å². The van der Waals surface area contributed by atoms with Crippen LogP contribution in [-0.2, 0) is 12.2 Å². The lowest BCUT2D eigenvalue weighted by molar-refractivity contribution is 0.0793. The van der Waals surface area contributed by atoms with E-state index >= 15 is 0 Å². The summed E-state index contributed by atoms with van der Waals surface area (Å²) in [5.41, 5.74) is 2.55. The number of thioether (sulfide) groups is 1. The van der Waals surface area contributed by atoms with E-state index in [1.807, 2.05) is 79.8 Å². The molecule has 0 radical (unpaired) electrons. The molecule has 0 unspecified atom stereocenters. The minimum absolute atomic E-state index is 0.0123. The number of benzene rings is 2. The molecule has 2 aromatic heterocycles. The Kier molecular flexibility index (Phi) is 6.68. The van der Waals surface area contributed by atoms with Crippen molar-refractivity contribution in [3.05, 3.63) is 96.1 Å². The number of likely N-dealkylation sites (N-methyl/N-ethyl adjacent to an activating group) is 1. The summed E-state index contributed by atoms with van der Waals surface area (Å²) in [6.45, 7) is 0.598. The van der Waals surface area contributed by atoms with Gasteiger partial charge in [-0.2, -0.15) is 4.68 Å². The van der Waals surface area contributed by atoms with Crippen molar-refractivity contribution in [1.82, 2.24) is 30.1 Å². The van der Waals surface area contributed by atoms with E-state index in [1.54, 1.807) is 27.5 Å². The molecule has 2 heterocycles. The maximum atomic E-state index is 13.1. The molecule has 0 N–H and O–H groups in total. The van der Waals surface area contributed by atoms with Gasteiger partial charge < -0.3 is 4.90 Å². The summed E-state index contributed by atoms with van der Waals surface area (Å²) < 4.78 is 1.72. The second-order valence-corrected chi connectivity index (χ2v) is 7.94. The van der Waals surface area contributed by atoms with Gasteiger partial charge in [0.25, 0.3) is 5.91 Å². The van der Waals surface area contributed by atoms with Crippen molar-refractivity contribution in [2.24, 2.45) is 0 Å².